The monoisotopic (exact) mass is 500 g/mol. The van der Waals surface area contributed by atoms with Gasteiger partial charge >= 0.3 is 0 Å². The SMILES string of the molecule is CCN(CC)c1cccc(NC(C)=O)c1.Nc1c(Br)cc([N+](=O)[O-])cc1Br. The first-order valence-electron chi connectivity index (χ1n) is 8.21. The molecule has 0 heterocycles. The fourth-order valence-electron chi connectivity index (χ4n) is 2.25. The minimum atomic E-state index is -0.477. The van der Waals surface area contributed by atoms with Gasteiger partial charge in [-0.1, -0.05) is 6.07 Å². The van der Waals surface area contributed by atoms with Crippen molar-refractivity contribution in [3.05, 3.63) is 55.5 Å². The maximum Gasteiger partial charge on any atom is 0.271 e. The number of nitrogens with one attached hydrogen (secondary N) is 1. The molecule has 0 saturated carbocycles. The van der Waals surface area contributed by atoms with E-state index in [0.717, 1.165) is 24.5 Å². The molecule has 1 amide bonds. The number of nitrogens with zero attached hydrogens (tertiary/aromatic N) is 2. The van der Waals surface area contributed by atoms with Crippen molar-refractivity contribution in [3.8, 4) is 0 Å². The van der Waals surface area contributed by atoms with Gasteiger partial charge in [-0.2, -0.15) is 0 Å². The Labute approximate surface area is 175 Å². The molecule has 9 heteroatoms. The zero-order valence-corrected chi connectivity index (χ0v) is 18.5. The van der Waals surface area contributed by atoms with Gasteiger partial charge in [0.05, 0.1) is 10.6 Å². The summed E-state index contributed by atoms with van der Waals surface area (Å²) in [6.07, 6.45) is 0. The van der Waals surface area contributed by atoms with Gasteiger partial charge in [0.2, 0.25) is 5.91 Å². The number of hydrogen-bond donors (Lipinski definition) is 2. The van der Waals surface area contributed by atoms with Crippen molar-refractivity contribution in [2.45, 2.75) is 20.8 Å². The smallest absolute Gasteiger partial charge is 0.271 e. The molecular weight excluding hydrogens is 480 g/mol. The quantitative estimate of drug-likeness (QED) is 0.333. The Morgan fingerprint density at radius 3 is 2.19 bits per heavy atom. The molecule has 146 valence electrons. The Kier molecular flexibility index (Phi) is 9.23. The lowest BCUT2D eigenvalue weighted by atomic mass is 10.2. The van der Waals surface area contributed by atoms with E-state index in [0.29, 0.717) is 14.6 Å². The Balaban J connectivity index is 0.000000277. The third-order valence-corrected chi connectivity index (χ3v) is 4.88. The Bertz CT molecular complexity index is 788. The molecule has 0 aliphatic rings. The van der Waals surface area contributed by atoms with Crippen molar-refractivity contribution in [2.24, 2.45) is 0 Å². The number of nitro groups is 1. The van der Waals surface area contributed by atoms with Crippen LogP contribution in [-0.4, -0.2) is 23.9 Å². The number of anilines is 3. The Hall–Kier alpha value is -2.13. The fourth-order valence-corrected chi connectivity index (χ4v) is 3.41. The van der Waals surface area contributed by atoms with Crippen LogP contribution in [0.15, 0.2) is 45.3 Å². The summed E-state index contributed by atoms with van der Waals surface area (Å²) in [5, 5.41) is 13.1. The number of nitrogens with two attached hydrogens (primary N) is 1. The highest BCUT2D eigenvalue weighted by Crippen LogP contribution is 2.32. The normalized spacial score (nSPS) is 9.81. The predicted molar refractivity (Wildman–Crippen MR) is 117 cm³/mol. The maximum atomic E-state index is 10.9. The molecule has 0 spiro atoms. The molecule has 2 aromatic carbocycles. The van der Waals surface area contributed by atoms with Crippen LogP contribution in [-0.2, 0) is 4.79 Å². The number of amides is 1. The number of nitrogen functional groups attached to an aromatic ring is 1. The average Bonchev–Trinajstić information content (AvgIpc) is 2.60. The van der Waals surface area contributed by atoms with Gasteiger partial charge in [0.25, 0.3) is 5.69 Å². The number of carbonyl (C=O) groups is 1. The van der Waals surface area contributed by atoms with Crippen LogP contribution in [0.2, 0.25) is 0 Å². The predicted octanol–water partition coefficient (Wildman–Crippen LogP) is 5.19. The lowest BCUT2D eigenvalue weighted by Gasteiger charge is -2.21. The van der Waals surface area contributed by atoms with Crippen LogP contribution in [0, 0.1) is 10.1 Å². The van der Waals surface area contributed by atoms with Crippen LogP contribution in [0.25, 0.3) is 0 Å². The zero-order valence-electron chi connectivity index (χ0n) is 15.3. The molecule has 27 heavy (non-hydrogen) atoms. The molecule has 0 aliphatic heterocycles. The fraction of sp³-hybridized carbons (Fsp3) is 0.278. The lowest BCUT2D eigenvalue weighted by Crippen LogP contribution is -2.21. The number of halogens is 2. The third kappa shape index (κ3) is 7.18. The summed E-state index contributed by atoms with van der Waals surface area (Å²) in [4.78, 5) is 23.0. The van der Waals surface area contributed by atoms with Crippen LogP contribution < -0.4 is 16.0 Å². The van der Waals surface area contributed by atoms with Crippen molar-refractivity contribution in [2.75, 3.05) is 29.0 Å². The molecule has 0 radical (unpaired) electrons. The average molecular weight is 502 g/mol. The van der Waals surface area contributed by atoms with E-state index in [1.54, 1.807) is 0 Å². The summed E-state index contributed by atoms with van der Waals surface area (Å²) in [5.74, 6) is -0.0355. The first kappa shape index (κ1) is 22.9. The second-order valence-corrected chi connectivity index (χ2v) is 7.19. The number of benzene rings is 2. The molecule has 0 saturated heterocycles. The molecule has 7 nitrogen and oxygen atoms in total. The van der Waals surface area contributed by atoms with E-state index >= 15 is 0 Å². The van der Waals surface area contributed by atoms with Gasteiger partial charge in [0.15, 0.2) is 0 Å². The molecule has 0 fully saturated rings. The van der Waals surface area contributed by atoms with Crippen LogP contribution >= 0.6 is 31.9 Å². The van der Waals surface area contributed by atoms with E-state index in [-0.39, 0.29) is 11.6 Å². The van der Waals surface area contributed by atoms with Gasteiger partial charge in [-0.05, 0) is 63.9 Å². The van der Waals surface area contributed by atoms with Crippen molar-refractivity contribution in [1.29, 1.82) is 0 Å². The summed E-state index contributed by atoms with van der Waals surface area (Å²) in [5.41, 5.74) is 7.99. The minimum Gasteiger partial charge on any atom is -0.397 e. The number of hydrogen-bond acceptors (Lipinski definition) is 5. The van der Waals surface area contributed by atoms with Crippen molar-refractivity contribution in [3.63, 3.8) is 0 Å². The van der Waals surface area contributed by atoms with Crippen molar-refractivity contribution < 1.29 is 9.72 Å². The van der Waals surface area contributed by atoms with Gasteiger partial charge in [-0.25, -0.2) is 0 Å². The minimum absolute atomic E-state index is 0.00273. The van der Waals surface area contributed by atoms with Gasteiger partial charge in [0.1, 0.15) is 0 Å². The Morgan fingerprint density at radius 2 is 1.74 bits per heavy atom. The van der Waals surface area contributed by atoms with Crippen LogP contribution in [0.3, 0.4) is 0 Å². The second-order valence-electron chi connectivity index (χ2n) is 5.48. The number of non-ortho nitro benzene ring substituents is 1. The molecule has 3 N–H and O–H groups in total. The van der Waals surface area contributed by atoms with Crippen LogP contribution in [0.4, 0.5) is 22.7 Å². The molecule has 0 bridgehead atoms. The molecule has 2 rings (SSSR count). The molecule has 0 aliphatic carbocycles. The first-order valence-corrected chi connectivity index (χ1v) is 9.79. The maximum absolute atomic E-state index is 10.9. The Morgan fingerprint density at radius 1 is 1.19 bits per heavy atom. The second kappa shape index (κ2) is 10.9. The van der Waals surface area contributed by atoms with Crippen molar-refractivity contribution >= 4 is 60.5 Å². The van der Waals surface area contributed by atoms with E-state index in [9.17, 15) is 14.9 Å². The number of carbonyl (C=O) groups excluding carboxylic acids is 1. The van der Waals surface area contributed by atoms with E-state index in [4.69, 9.17) is 5.73 Å². The standard InChI is InChI=1S/C12H18N2O.C6H4Br2N2O2/c1-4-14(5-2)12-8-6-7-11(9-12)13-10(3)15;7-4-1-3(10(11)12)2-5(8)6(4)9/h6-9H,4-5H2,1-3H3,(H,13,15);1-2H,9H2. The summed E-state index contributed by atoms with van der Waals surface area (Å²) in [6.45, 7) is 7.70. The first-order chi connectivity index (χ1) is 12.7. The molecular formula is C18H22Br2N4O3. The molecule has 0 atom stereocenters. The molecule has 2 aromatic rings. The van der Waals surface area contributed by atoms with E-state index in [1.165, 1.54) is 19.1 Å². The molecule has 0 unspecified atom stereocenters. The topological polar surface area (TPSA) is 102 Å². The van der Waals surface area contributed by atoms with Crippen molar-refractivity contribution in [1.82, 2.24) is 0 Å². The lowest BCUT2D eigenvalue weighted by molar-refractivity contribution is -0.385. The van der Waals surface area contributed by atoms with E-state index < -0.39 is 4.92 Å². The summed E-state index contributed by atoms with van der Waals surface area (Å²) in [6, 6.07) is 10.6. The third-order valence-electron chi connectivity index (χ3n) is 3.57. The highest BCUT2D eigenvalue weighted by molar-refractivity contribution is 9.11. The summed E-state index contributed by atoms with van der Waals surface area (Å²) < 4.78 is 1.03. The largest absolute Gasteiger partial charge is 0.397 e. The van der Waals surface area contributed by atoms with Gasteiger partial charge in [-0.3, -0.25) is 14.9 Å². The summed E-state index contributed by atoms with van der Waals surface area (Å²) in [7, 11) is 0. The zero-order chi connectivity index (χ0) is 20.6. The van der Waals surface area contributed by atoms with Crippen LogP contribution in [0.1, 0.15) is 20.8 Å². The van der Waals surface area contributed by atoms with Crippen LogP contribution in [0.5, 0.6) is 0 Å². The highest BCUT2D eigenvalue weighted by Gasteiger charge is 2.11. The van der Waals surface area contributed by atoms with Gasteiger partial charge in [0, 0.05) is 52.5 Å². The number of rotatable bonds is 5. The number of nitro benzene ring substituents is 1. The molecule has 0 aromatic heterocycles. The van der Waals surface area contributed by atoms with Gasteiger partial charge < -0.3 is 16.0 Å². The van der Waals surface area contributed by atoms with E-state index in [2.05, 4.69) is 62.0 Å². The highest BCUT2D eigenvalue weighted by atomic mass is 79.9. The summed E-state index contributed by atoms with van der Waals surface area (Å²) >= 11 is 6.21. The van der Waals surface area contributed by atoms with Gasteiger partial charge in [-0.15, -0.1) is 0 Å². The van der Waals surface area contributed by atoms with E-state index in [1.807, 2.05) is 18.2 Å².